The molecule has 0 saturated heterocycles. The molecule has 5 nitrogen and oxygen atoms in total. The van der Waals surface area contributed by atoms with E-state index in [9.17, 15) is 0 Å². The van der Waals surface area contributed by atoms with E-state index in [2.05, 4.69) is 0 Å². The van der Waals surface area contributed by atoms with E-state index < -0.39 is 10.4 Å². The topological polar surface area (TPSA) is 97.7 Å². The minimum atomic E-state index is -4.67. The maximum atomic E-state index is 8.93. The van der Waals surface area contributed by atoms with Crippen LogP contribution in [0.2, 0.25) is 0 Å². The largest absolute Gasteiger partial charge is 1.00 e. The van der Waals surface area contributed by atoms with Crippen LogP contribution in [0.25, 0.3) is 0 Å². The second-order valence-corrected chi connectivity index (χ2v) is 1.63. The number of hydrogen-bond donors (Lipinski definition) is 2. The Morgan fingerprint density at radius 3 is 1.44 bits per heavy atom. The third kappa shape index (κ3) is 245. The minimum absolute atomic E-state index is 0. The van der Waals surface area contributed by atoms with E-state index in [0.29, 0.717) is 0 Å². The van der Waals surface area contributed by atoms with Gasteiger partial charge >= 0.3 is 61.8 Å². The fourth-order valence-electron chi connectivity index (χ4n) is 0. The van der Waals surface area contributed by atoms with Gasteiger partial charge in [0.1, 0.15) is 0 Å². The van der Waals surface area contributed by atoms with Gasteiger partial charge in [0.15, 0.2) is 0 Å². The van der Waals surface area contributed by atoms with Gasteiger partial charge in [0.25, 0.3) is 0 Å². The second-order valence-electron chi connectivity index (χ2n) is 0.737. The summed E-state index contributed by atoms with van der Waals surface area (Å²) in [6.45, 7) is 1.57. The molecular weight excluding hydrogens is 175 g/mol. The first-order valence-electron chi connectivity index (χ1n) is 1.69. The van der Waals surface area contributed by atoms with Crippen molar-refractivity contribution in [1.82, 2.24) is 0 Å². The summed E-state index contributed by atoms with van der Waals surface area (Å²) < 4.78 is 31.6. The Labute approximate surface area is 96.5 Å². The molecule has 0 amide bonds. The molecule has 0 unspecified atom stereocenters. The van der Waals surface area contributed by atoms with Crippen molar-refractivity contribution in [2.75, 3.05) is 6.61 Å². The molecule has 9 heavy (non-hydrogen) atoms. The molecular formula is C2H7KO5S. The van der Waals surface area contributed by atoms with Crippen molar-refractivity contribution in [2.24, 2.45) is 0 Å². The third-order valence-electron chi connectivity index (χ3n) is 0. The molecule has 0 fully saturated rings. The van der Waals surface area contributed by atoms with Crippen LogP contribution in [0.1, 0.15) is 6.92 Å². The van der Waals surface area contributed by atoms with E-state index in [1.54, 1.807) is 6.92 Å². The van der Waals surface area contributed by atoms with Crippen molar-refractivity contribution in [3.05, 3.63) is 0 Å². The van der Waals surface area contributed by atoms with E-state index in [4.69, 9.17) is 22.6 Å². The SMILES string of the molecule is CC[O-].O=S(=O)(O)O.[K+]. The molecule has 0 aliphatic carbocycles. The summed E-state index contributed by atoms with van der Waals surface area (Å²) in [4.78, 5) is 0. The Hall–Kier alpha value is 1.47. The fraction of sp³-hybridized carbons (Fsp3) is 1.00. The van der Waals surface area contributed by atoms with E-state index in [0.717, 1.165) is 0 Å². The van der Waals surface area contributed by atoms with Gasteiger partial charge < -0.3 is 5.11 Å². The molecule has 0 heterocycles. The van der Waals surface area contributed by atoms with Gasteiger partial charge in [0.2, 0.25) is 0 Å². The minimum Gasteiger partial charge on any atom is -0.855 e. The van der Waals surface area contributed by atoms with Crippen molar-refractivity contribution in [1.29, 1.82) is 0 Å². The molecule has 0 rings (SSSR count). The summed E-state index contributed by atoms with van der Waals surface area (Å²) in [6.07, 6.45) is 0. The van der Waals surface area contributed by atoms with E-state index in [1.807, 2.05) is 0 Å². The fourth-order valence-corrected chi connectivity index (χ4v) is 0. The zero-order valence-electron chi connectivity index (χ0n) is 5.23. The molecule has 0 atom stereocenters. The Morgan fingerprint density at radius 2 is 1.44 bits per heavy atom. The maximum Gasteiger partial charge on any atom is 1.00 e. The second kappa shape index (κ2) is 9.47. The van der Waals surface area contributed by atoms with Crippen LogP contribution in [-0.4, -0.2) is 24.1 Å². The third-order valence-corrected chi connectivity index (χ3v) is 0. The van der Waals surface area contributed by atoms with Gasteiger partial charge in [0.05, 0.1) is 0 Å². The summed E-state index contributed by atoms with van der Waals surface area (Å²) in [6, 6.07) is 0. The van der Waals surface area contributed by atoms with Gasteiger partial charge in [-0.1, -0.05) is 6.92 Å². The van der Waals surface area contributed by atoms with Gasteiger partial charge in [-0.3, -0.25) is 9.11 Å². The van der Waals surface area contributed by atoms with E-state index in [1.165, 1.54) is 0 Å². The van der Waals surface area contributed by atoms with Crippen molar-refractivity contribution >= 4 is 10.4 Å². The van der Waals surface area contributed by atoms with Crippen molar-refractivity contribution in [2.45, 2.75) is 6.92 Å². The molecule has 7 heteroatoms. The van der Waals surface area contributed by atoms with Gasteiger partial charge in [-0.15, -0.1) is 6.61 Å². The Kier molecular flexibility index (Phi) is 17.7. The molecule has 0 saturated carbocycles. The molecule has 2 N–H and O–H groups in total. The number of rotatable bonds is 0. The Bertz CT molecular complexity index is 109. The molecule has 52 valence electrons. The average molecular weight is 182 g/mol. The molecule has 0 aromatic carbocycles. The molecule has 0 aliphatic heterocycles. The van der Waals surface area contributed by atoms with Crippen LogP contribution < -0.4 is 56.5 Å². The summed E-state index contributed by atoms with van der Waals surface area (Å²) >= 11 is 0. The van der Waals surface area contributed by atoms with Crippen LogP contribution in [0, 0.1) is 0 Å². The van der Waals surface area contributed by atoms with Gasteiger partial charge in [-0.05, 0) is 0 Å². The van der Waals surface area contributed by atoms with Crippen LogP contribution >= 0.6 is 0 Å². The predicted molar refractivity (Wildman–Crippen MR) is 24.7 cm³/mol. The molecule has 0 bridgehead atoms. The Morgan fingerprint density at radius 1 is 1.44 bits per heavy atom. The predicted octanol–water partition coefficient (Wildman–Crippen LogP) is -4.28. The van der Waals surface area contributed by atoms with Gasteiger partial charge in [-0.2, -0.15) is 8.42 Å². The Balaban J connectivity index is -0.0000000800. The van der Waals surface area contributed by atoms with Crippen LogP contribution in [0.3, 0.4) is 0 Å². The maximum absolute atomic E-state index is 8.93. The standard InChI is InChI=1S/C2H5O.K.H2O4S/c1-2-3;;1-5(2,3)4/h2H2,1H3;;(H2,1,2,3,4)/q-1;+1;. The van der Waals surface area contributed by atoms with E-state index >= 15 is 0 Å². The monoisotopic (exact) mass is 182 g/mol. The molecule has 0 spiro atoms. The van der Waals surface area contributed by atoms with Crippen LogP contribution in [0.15, 0.2) is 0 Å². The smallest absolute Gasteiger partial charge is 0.855 e. The van der Waals surface area contributed by atoms with Crippen molar-refractivity contribution in [3.63, 3.8) is 0 Å². The summed E-state index contributed by atoms with van der Waals surface area (Å²) in [5.41, 5.74) is 0. The normalized spacial score (nSPS) is 8.44. The molecule has 0 aromatic rings. The summed E-state index contributed by atoms with van der Waals surface area (Å²) in [5.74, 6) is 0. The van der Waals surface area contributed by atoms with Crippen molar-refractivity contribution in [3.8, 4) is 0 Å². The summed E-state index contributed by atoms with van der Waals surface area (Å²) in [7, 11) is -4.67. The van der Waals surface area contributed by atoms with Gasteiger partial charge in [0, 0.05) is 0 Å². The first-order valence-corrected chi connectivity index (χ1v) is 3.09. The zero-order chi connectivity index (χ0) is 7.21. The molecule has 0 radical (unpaired) electrons. The number of hydrogen-bond acceptors (Lipinski definition) is 3. The zero-order valence-corrected chi connectivity index (χ0v) is 9.17. The average Bonchev–Trinajstić information content (AvgIpc) is 1.27. The molecule has 0 aliphatic rings. The first kappa shape index (κ1) is 16.8. The van der Waals surface area contributed by atoms with Crippen LogP contribution in [-0.2, 0) is 10.4 Å². The van der Waals surface area contributed by atoms with E-state index in [-0.39, 0.29) is 58.0 Å². The van der Waals surface area contributed by atoms with Crippen molar-refractivity contribution < 1.29 is 74.0 Å². The quantitative estimate of drug-likeness (QED) is 0.292. The van der Waals surface area contributed by atoms with Crippen LogP contribution in [0.4, 0.5) is 0 Å². The van der Waals surface area contributed by atoms with Gasteiger partial charge in [-0.25, -0.2) is 0 Å². The first-order chi connectivity index (χ1) is 3.41. The molecule has 0 aromatic heterocycles. The van der Waals surface area contributed by atoms with Crippen LogP contribution in [0.5, 0.6) is 0 Å². The summed E-state index contributed by atoms with van der Waals surface area (Å²) in [5, 5.41) is 8.93.